The minimum atomic E-state index is -0.499. The summed E-state index contributed by atoms with van der Waals surface area (Å²) >= 11 is 0. The van der Waals surface area contributed by atoms with E-state index in [-0.39, 0.29) is 30.1 Å². The molecule has 6 heteroatoms. The maximum absolute atomic E-state index is 12.8. The number of carbonyl (C=O) groups is 3. The molecule has 0 saturated carbocycles. The van der Waals surface area contributed by atoms with Crippen LogP contribution in [0.3, 0.4) is 0 Å². The molecule has 2 unspecified atom stereocenters. The van der Waals surface area contributed by atoms with Crippen molar-refractivity contribution in [2.24, 2.45) is 5.92 Å². The Kier molecular flexibility index (Phi) is 4.83. The number of methoxy groups -OCH3 is 1. The highest BCUT2D eigenvalue weighted by Crippen LogP contribution is 2.26. The zero-order valence-corrected chi connectivity index (χ0v) is 13.8. The van der Waals surface area contributed by atoms with Gasteiger partial charge in [0.25, 0.3) is 0 Å². The predicted octanol–water partition coefficient (Wildman–Crippen LogP) is 1.20. The molecule has 2 saturated heterocycles. The van der Waals surface area contributed by atoms with Gasteiger partial charge in [0.1, 0.15) is 6.04 Å². The van der Waals surface area contributed by atoms with Crippen molar-refractivity contribution < 1.29 is 19.1 Å². The highest BCUT2D eigenvalue weighted by Gasteiger charge is 2.42. The zero-order valence-electron chi connectivity index (χ0n) is 13.8. The van der Waals surface area contributed by atoms with E-state index in [0.29, 0.717) is 26.1 Å². The molecule has 2 aliphatic heterocycles. The van der Waals surface area contributed by atoms with Crippen molar-refractivity contribution >= 4 is 17.8 Å². The molecule has 2 amide bonds. The number of ether oxygens (including phenoxy) is 1. The standard InChI is InChI=1S/C18H22N2O4/c1-24-18(23)15-8-5-9-20(15)17(22)14-10-16(21)19(12-14)11-13-6-3-2-4-7-13/h2-4,6-7,14-15H,5,8-12H2,1H3. The van der Waals surface area contributed by atoms with E-state index in [1.807, 2.05) is 30.3 Å². The number of likely N-dealkylation sites (tertiary alicyclic amines) is 2. The van der Waals surface area contributed by atoms with Crippen molar-refractivity contribution in [1.29, 1.82) is 0 Å². The number of benzene rings is 1. The molecule has 0 radical (unpaired) electrons. The SMILES string of the molecule is COC(=O)C1CCCN1C(=O)C1CC(=O)N(Cc2ccccc2)C1. The largest absolute Gasteiger partial charge is 0.467 e. The van der Waals surface area contributed by atoms with E-state index in [1.165, 1.54) is 7.11 Å². The van der Waals surface area contributed by atoms with Gasteiger partial charge in [-0.15, -0.1) is 0 Å². The summed E-state index contributed by atoms with van der Waals surface area (Å²) in [6.45, 7) is 1.49. The van der Waals surface area contributed by atoms with Crippen molar-refractivity contribution in [3.05, 3.63) is 35.9 Å². The molecular formula is C18H22N2O4. The van der Waals surface area contributed by atoms with Crippen LogP contribution in [0.15, 0.2) is 30.3 Å². The molecule has 3 rings (SSSR count). The first-order valence-corrected chi connectivity index (χ1v) is 8.30. The Balaban J connectivity index is 1.64. The third-order valence-corrected chi connectivity index (χ3v) is 4.79. The molecule has 2 fully saturated rings. The van der Waals surface area contributed by atoms with Gasteiger partial charge in [-0.1, -0.05) is 30.3 Å². The summed E-state index contributed by atoms with van der Waals surface area (Å²) in [7, 11) is 1.34. The molecule has 2 atom stereocenters. The second-order valence-electron chi connectivity index (χ2n) is 6.37. The maximum Gasteiger partial charge on any atom is 0.328 e. The molecule has 24 heavy (non-hydrogen) atoms. The van der Waals surface area contributed by atoms with Gasteiger partial charge in [0.2, 0.25) is 11.8 Å². The van der Waals surface area contributed by atoms with Crippen molar-refractivity contribution in [2.45, 2.75) is 31.8 Å². The summed E-state index contributed by atoms with van der Waals surface area (Å²) in [4.78, 5) is 40.1. The Morgan fingerprint density at radius 1 is 1.25 bits per heavy atom. The zero-order chi connectivity index (χ0) is 17.1. The smallest absolute Gasteiger partial charge is 0.328 e. The van der Waals surface area contributed by atoms with Crippen molar-refractivity contribution in [1.82, 2.24) is 9.80 Å². The van der Waals surface area contributed by atoms with Crippen molar-refractivity contribution in [3.63, 3.8) is 0 Å². The van der Waals surface area contributed by atoms with E-state index in [1.54, 1.807) is 9.80 Å². The summed E-state index contributed by atoms with van der Waals surface area (Å²) < 4.78 is 4.79. The highest BCUT2D eigenvalue weighted by atomic mass is 16.5. The molecule has 2 aliphatic rings. The predicted molar refractivity (Wildman–Crippen MR) is 86.7 cm³/mol. The molecular weight excluding hydrogens is 308 g/mol. The fourth-order valence-corrected chi connectivity index (χ4v) is 3.54. The Morgan fingerprint density at radius 3 is 2.71 bits per heavy atom. The van der Waals surface area contributed by atoms with Gasteiger partial charge in [-0.3, -0.25) is 9.59 Å². The molecule has 128 valence electrons. The average molecular weight is 330 g/mol. The molecule has 6 nitrogen and oxygen atoms in total. The number of esters is 1. The quantitative estimate of drug-likeness (QED) is 0.778. The van der Waals surface area contributed by atoms with Crippen molar-refractivity contribution in [3.8, 4) is 0 Å². The molecule has 1 aromatic carbocycles. The van der Waals surface area contributed by atoms with Gasteiger partial charge in [-0.25, -0.2) is 4.79 Å². The Hall–Kier alpha value is -2.37. The lowest BCUT2D eigenvalue weighted by Crippen LogP contribution is -2.44. The summed E-state index contributed by atoms with van der Waals surface area (Å²) in [5.74, 6) is -0.851. The van der Waals surface area contributed by atoms with Crippen LogP contribution < -0.4 is 0 Å². The van der Waals surface area contributed by atoms with Crippen LogP contribution in [0.4, 0.5) is 0 Å². The monoisotopic (exact) mass is 330 g/mol. The Labute approximate surface area is 141 Å². The molecule has 1 aromatic rings. The van der Waals surface area contributed by atoms with Gasteiger partial charge in [0, 0.05) is 26.1 Å². The molecule has 0 aliphatic carbocycles. The fraction of sp³-hybridized carbons (Fsp3) is 0.500. The average Bonchev–Trinajstić information content (AvgIpc) is 3.22. The summed E-state index contributed by atoms with van der Waals surface area (Å²) in [5.41, 5.74) is 1.05. The van der Waals surface area contributed by atoms with E-state index >= 15 is 0 Å². The molecule has 0 aromatic heterocycles. The van der Waals surface area contributed by atoms with E-state index in [0.717, 1.165) is 12.0 Å². The minimum absolute atomic E-state index is 0.00832. The van der Waals surface area contributed by atoms with Gasteiger partial charge in [-0.2, -0.15) is 0 Å². The molecule has 0 N–H and O–H groups in total. The number of carbonyl (C=O) groups excluding carboxylic acids is 3. The lowest BCUT2D eigenvalue weighted by atomic mass is 10.1. The van der Waals surface area contributed by atoms with Gasteiger partial charge in [0.05, 0.1) is 13.0 Å². The van der Waals surface area contributed by atoms with Crippen LogP contribution in [0.5, 0.6) is 0 Å². The van der Waals surface area contributed by atoms with Crippen LogP contribution in [-0.4, -0.2) is 53.8 Å². The molecule has 0 spiro atoms. The van der Waals surface area contributed by atoms with E-state index in [9.17, 15) is 14.4 Å². The number of hydrogen-bond donors (Lipinski definition) is 0. The number of hydrogen-bond acceptors (Lipinski definition) is 4. The highest BCUT2D eigenvalue weighted by molar-refractivity contribution is 5.92. The second kappa shape index (κ2) is 7.03. The third-order valence-electron chi connectivity index (χ3n) is 4.79. The second-order valence-corrected chi connectivity index (χ2v) is 6.37. The van der Waals surface area contributed by atoms with E-state index < -0.39 is 6.04 Å². The maximum atomic E-state index is 12.8. The lowest BCUT2D eigenvalue weighted by molar-refractivity contribution is -0.152. The van der Waals surface area contributed by atoms with Crippen LogP contribution in [0.25, 0.3) is 0 Å². The first-order valence-electron chi connectivity index (χ1n) is 8.30. The minimum Gasteiger partial charge on any atom is -0.467 e. The lowest BCUT2D eigenvalue weighted by Gasteiger charge is -2.25. The Bertz CT molecular complexity index is 631. The van der Waals surface area contributed by atoms with Crippen LogP contribution in [0.1, 0.15) is 24.8 Å². The van der Waals surface area contributed by atoms with Gasteiger partial charge < -0.3 is 14.5 Å². The fourth-order valence-electron chi connectivity index (χ4n) is 3.54. The first-order chi connectivity index (χ1) is 11.6. The van der Waals surface area contributed by atoms with Crippen LogP contribution in [-0.2, 0) is 25.7 Å². The first kappa shape index (κ1) is 16.5. The van der Waals surface area contributed by atoms with Crippen molar-refractivity contribution in [2.75, 3.05) is 20.2 Å². The van der Waals surface area contributed by atoms with E-state index in [2.05, 4.69) is 0 Å². The van der Waals surface area contributed by atoms with Crippen LogP contribution in [0, 0.1) is 5.92 Å². The molecule has 2 heterocycles. The van der Waals surface area contributed by atoms with Crippen LogP contribution in [0.2, 0.25) is 0 Å². The summed E-state index contributed by atoms with van der Waals surface area (Å²) in [5, 5.41) is 0. The number of rotatable bonds is 4. The van der Waals surface area contributed by atoms with Gasteiger partial charge >= 0.3 is 5.97 Å². The van der Waals surface area contributed by atoms with Gasteiger partial charge in [-0.05, 0) is 18.4 Å². The van der Waals surface area contributed by atoms with E-state index in [4.69, 9.17) is 4.74 Å². The summed E-state index contributed by atoms with van der Waals surface area (Å²) in [6.07, 6.45) is 1.64. The number of amides is 2. The third kappa shape index (κ3) is 3.27. The topological polar surface area (TPSA) is 66.9 Å². The van der Waals surface area contributed by atoms with Crippen LogP contribution >= 0.6 is 0 Å². The number of nitrogens with zero attached hydrogens (tertiary/aromatic N) is 2. The summed E-state index contributed by atoms with van der Waals surface area (Å²) in [6, 6.07) is 9.24. The normalized spacial score (nSPS) is 23.6. The Morgan fingerprint density at radius 2 is 2.00 bits per heavy atom. The van der Waals surface area contributed by atoms with Gasteiger partial charge in [0.15, 0.2) is 0 Å². The molecule has 0 bridgehead atoms.